The molecule has 0 aromatic carbocycles. The summed E-state index contributed by atoms with van der Waals surface area (Å²) in [4.78, 5) is 0. The van der Waals surface area contributed by atoms with Crippen LogP contribution in [0.3, 0.4) is 0 Å². The quantitative estimate of drug-likeness (QED) is 0.897. The second-order valence-corrected chi connectivity index (χ2v) is 7.96. The minimum Gasteiger partial charge on any atom is -0.447 e. The molecule has 1 saturated heterocycles. The van der Waals surface area contributed by atoms with Crippen molar-refractivity contribution in [1.29, 1.82) is 0 Å². The second kappa shape index (κ2) is 6.48. The fourth-order valence-corrected chi connectivity index (χ4v) is 3.49. The first-order valence-corrected chi connectivity index (χ1v) is 8.79. The van der Waals surface area contributed by atoms with Crippen molar-refractivity contribution in [2.24, 2.45) is 0 Å². The van der Waals surface area contributed by atoms with E-state index in [0.29, 0.717) is 24.4 Å². The number of sulfonamides is 1. The van der Waals surface area contributed by atoms with Gasteiger partial charge in [-0.2, -0.15) is 0 Å². The summed E-state index contributed by atoms with van der Waals surface area (Å²) in [5.41, 5.74) is 3.36. The zero-order valence-corrected chi connectivity index (χ0v) is 14.0. The number of nitrogens with zero attached hydrogens (tertiary/aromatic N) is 2. The van der Waals surface area contributed by atoms with Gasteiger partial charge in [0, 0.05) is 26.2 Å². The van der Waals surface area contributed by atoms with Crippen LogP contribution in [0.15, 0.2) is 21.6 Å². The maximum absolute atomic E-state index is 12.0. The number of piperidine rings is 1. The molecule has 0 spiro atoms. The lowest BCUT2D eigenvalue weighted by molar-refractivity contribution is 0.0407. The van der Waals surface area contributed by atoms with Gasteiger partial charge in [-0.1, -0.05) is 6.42 Å². The van der Waals surface area contributed by atoms with Crippen LogP contribution >= 0.6 is 0 Å². The molecular formula is C14H25N3O3S. The van der Waals surface area contributed by atoms with E-state index in [9.17, 15) is 8.42 Å². The van der Waals surface area contributed by atoms with Gasteiger partial charge in [-0.15, -0.1) is 0 Å². The Morgan fingerprint density at radius 1 is 1.29 bits per heavy atom. The average Bonchev–Trinajstić information content (AvgIpc) is 2.87. The zero-order valence-electron chi connectivity index (χ0n) is 13.2. The molecule has 0 radical (unpaired) electrons. The van der Waals surface area contributed by atoms with Crippen LogP contribution in [-0.4, -0.2) is 43.9 Å². The Hall–Kier alpha value is -0.890. The van der Waals surface area contributed by atoms with Crippen molar-refractivity contribution in [3.8, 4) is 0 Å². The highest BCUT2D eigenvalue weighted by Gasteiger charge is 2.25. The van der Waals surface area contributed by atoms with E-state index in [1.807, 2.05) is 0 Å². The first kappa shape index (κ1) is 16.5. The van der Waals surface area contributed by atoms with Crippen molar-refractivity contribution < 1.29 is 12.8 Å². The summed E-state index contributed by atoms with van der Waals surface area (Å²) >= 11 is 0. The smallest absolute Gasteiger partial charge is 0.275 e. The third-order valence-electron chi connectivity index (χ3n) is 4.00. The van der Waals surface area contributed by atoms with Crippen LogP contribution in [-0.2, 0) is 16.6 Å². The number of rotatable bonds is 5. The third kappa shape index (κ3) is 3.66. The summed E-state index contributed by atoms with van der Waals surface area (Å²) in [5, 5.41) is 2.23. The Balaban J connectivity index is 2.00. The summed E-state index contributed by atoms with van der Waals surface area (Å²) in [6, 6.07) is 4.18. The minimum absolute atomic E-state index is 0.0101. The Kier molecular flexibility index (Phi) is 5.08. The van der Waals surface area contributed by atoms with E-state index in [1.165, 1.54) is 39.4 Å². The van der Waals surface area contributed by atoms with Crippen LogP contribution in [0, 0.1) is 0 Å². The van der Waals surface area contributed by atoms with E-state index in [1.54, 1.807) is 6.07 Å². The van der Waals surface area contributed by atoms with E-state index >= 15 is 0 Å². The number of furan rings is 1. The van der Waals surface area contributed by atoms with E-state index in [2.05, 4.69) is 24.3 Å². The van der Waals surface area contributed by atoms with Gasteiger partial charge in [-0.05, 0) is 38.8 Å². The van der Waals surface area contributed by atoms with Crippen molar-refractivity contribution in [2.75, 3.05) is 14.1 Å². The number of hydrogen-bond donors (Lipinski definition) is 1. The molecule has 1 N–H and O–H groups in total. The fourth-order valence-electron chi connectivity index (χ4n) is 2.67. The van der Waals surface area contributed by atoms with E-state index in [0.717, 1.165) is 4.31 Å². The van der Waals surface area contributed by atoms with Crippen LogP contribution in [0.25, 0.3) is 0 Å². The van der Waals surface area contributed by atoms with Crippen LogP contribution < -0.4 is 5.43 Å². The molecule has 1 fully saturated rings. The van der Waals surface area contributed by atoms with Gasteiger partial charge >= 0.3 is 0 Å². The summed E-state index contributed by atoms with van der Waals surface area (Å²) in [6.45, 7) is 4.90. The van der Waals surface area contributed by atoms with Crippen molar-refractivity contribution in [2.45, 2.75) is 56.8 Å². The molecule has 6 nitrogen and oxygen atoms in total. The number of hydrogen-bond acceptors (Lipinski definition) is 5. The van der Waals surface area contributed by atoms with Gasteiger partial charge in [0.2, 0.25) is 5.09 Å². The highest BCUT2D eigenvalue weighted by atomic mass is 32.2. The Labute approximate surface area is 127 Å². The molecule has 2 heterocycles. The molecule has 1 aromatic rings. The van der Waals surface area contributed by atoms with Crippen molar-refractivity contribution in [3.05, 3.63) is 17.9 Å². The van der Waals surface area contributed by atoms with Crippen molar-refractivity contribution in [1.82, 2.24) is 14.7 Å². The molecule has 7 heteroatoms. The molecule has 21 heavy (non-hydrogen) atoms. The van der Waals surface area contributed by atoms with Crippen LogP contribution in [0.1, 0.15) is 38.9 Å². The highest BCUT2D eigenvalue weighted by Crippen LogP contribution is 2.21. The van der Waals surface area contributed by atoms with Crippen LogP contribution in [0.5, 0.6) is 0 Å². The van der Waals surface area contributed by atoms with E-state index < -0.39 is 10.0 Å². The fraction of sp³-hybridized carbons (Fsp3) is 0.714. The first-order chi connectivity index (χ1) is 9.82. The summed E-state index contributed by atoms with van der Waals surface area (Å²) in [6.07, 6.45) is 3.61. The van der Waals surface area contributed by atoms with Crippen molar-refractivity contribution >= 4 is 10.0 Å². The molecule has 120 valence electrons. The van der Waals surface area contributed by atoms with Crippen LogP contribution in [0.2, 0.25) is 0 Å². The van der Waals surface area contributed by atoms with E-state index in [4.69, 9.17) is 4.42 Å². The molecule has 2 unspecified atom stereocenters. The van der Waals surface area contributed by atoms with Gasteiger partial charge in [0.1, 0.15) is 5.76 Å². The third-order valence-corrected chi connectivity index (χ3v) is 5.69. The van der Waals surface area contributed by atoms with Gasteiger partial charge in [0.25, 0.3) is 10.0 Å². The van der Waals surface area contributed by atoms with Crippen molar-refractivity contribution in [3.63, 3.8) is 0 Å². The molecule has 1 aromatic heterocycles. The number of nitrogens with one attached hydrogen (secondary N) is 1. The largest absolute Gasteiger partial charge is 0.447 e. The second-order valence-electron chi connectivity index (χ2n) is 5.88. The average molecular weight is 315 g/mol. The molecule has 2 rings (SSSR count). The summed E-state index contributed by atoms with van der Waals surface area (Å²) < 4.78 is 30.5. The van der Waals surface area contributed by atoms with Gasteiger partial charge in [-0.3, -0.25) is 0 Å². The lowest BCUT2D eigenvalue weighted by Crippen LogP contribution is -2.51. The topological polar surface area (TPSA) is 65.8 Å². The summed E-state index contributed by atoms with van der Waals surface area (Å²) in [7, 11) is -0.510. The predicted octanol–water partition coefficient (Wildman–Crippen LogP) is 1.80. The van der Waals surface area contributed by atoms with E-state index in [-0.39, 0.29) is 5.09 Å². The minimum atomic E-state index is -3.50. The monoisotopic (exact) mass is 315 g/mol. The zero-order chi connectivity index (χ0) is 15.6. The normalized spacial score (nSPS) is 24.6. The SMILES string of the molecule is CC1CCCC(C)N1NCc1ccc(S(=O)(=O)N(C)C)o1. The highest BCUT2D eigenvalue weighted by molar-refractivity contribution is 7.88. The lowest BCUT2D eigenvalue weighted by atomic mass is 10.00. The Morgan fingerprint density at radius 2 is 1.90 bits per heavy atom. The molecule has 1 aliphatic rings. The Bertz CT molecular complexity index is 558. The van der Waals surface area contributed by atoms with Gasteiger partial charge in [0.05, 0.1) is 6.54 Å². The standard InChI is InChI=1S/C14H25N3O3S/c1-11-6-5-7-12(2)17(11)15-10-13-8-9-14(20-13)21(18,19)16(3)4/h8-9,11-12,15H,5-7,10H2,1-4H3. The molecule has 0 bridgehead atoms. The van der Waals surface area contributed by atoms with Gasteiger partial charge < -0.3 is 4.42 Å². The molecule has 0 aliphatic carbocycles. The molecular weight excluding hydrogens is 290 g/mol. The molecule has 2 atom stereocenters. The lowest BCUT2D eigenvalue weighted by Gasteiger charge is -2.38. The predicted molar refractivity (Wildman–Crippen MR) is 81.0 cm³/mol. The summed E-state index contributed by atoms with van der Waals surface area (Å²) in [5.74, 6) is 0.625. The van der Waals surface area contributed by atoms with Crippen LogP contribution in [0.4, 0.5) is 0 Å². The Morgan fingerprint density at radius 3 is 2.48 bits per heavy atom. The molecule has 0 amide bonds. The van der Waals surface area contributed by atoms with Gasteiger partial charge in [0.15, 0.2) is 0 Å². The maximum atomic E-state index is 12.0. The molecule has 0 saturated carbocycles. The number of hydrazine groups is 1. The molecule has 1 aliphatic heterocycles. The maximum Gasteiger partial charge on any atom is 0.275 e. The first-order valence-electron chi connectivity index (χ1n) is 7.35. The van der Waals surface area contributed by atoms with Gasteiger partial charge in [-0.25, -0.2) is 23.2 Å².